The molecule has 3 heteroatoms. The van der Waals surface area contributed by atoms with E-state index >= 15 is 0 Å². The van der Waals surface area contributed by atoms with Crippen molar-refractivity contribution in [3.63, 3.8) is 0 Å². The standard InChI is InChI=1S/C20H15BO2/c22-21(23)17-12-10-15(11-13-17)19-7-3-5-16-9-8-14-4-1-2-6-18(14)20(16)19/h1-13,22-23H. The molecule has 0 spiro atoms. The molecule has 0 saturated carbocycles. The van der Waals surface area contributed by atoms with E-state index in [2.05, 4.69) is 48.5 Å². The summed E-state index contributed by atoms with van der Waals surface area (Å²) in [7, 11) is -1.43. The fraction of sp³-hybridized carbons (Fsp3) is 0. The van der Waals surface area contributed by atoms with Gasteiger partial charge in [0.25, 0.3) is 0 Å². The molecule has 0 amide bonds. The topological polar surface area (TPSA) is 40.5 Å². The second kappa shape index (κ2) is 5.54. The Bertz CT molecular complexity index is 991. The van der Waals surface area contributed by atoms with E-state index in [9.17, 15) is 10.0 Å². The van der Waals surface area contributed by atoms with Crippen molar-refractivity contribution in [2.45, 2.75) is 0 Å². The lowest BCUT2D eigenvalue weighted by Crippen LogP contribution is -2.29. The molecule has 0 atom stereocenters. The Balaban J connectivity index is 2.01. The van der Waals surface area contributed by atoms with Gasteiger partial charge in [-0.2, -0.15) is 0 Å². The monoisotopic (exact) mass is 298 g/mol. The van der Waals surface area contributed by atoms with Crippen molar-refractivity contribution < 1.29 is 10.0 Å². The summed E-state index contributed by atoms with van der Waals surface area (Å²) in [4.78, 5) is 0. The van der Waals surface area contributed by atoms with Gasteiger partial charge in [-0.1, -0.05) is 78.9 Å². The lowest BCUT2D eigenvalue weighted by molar-refractivity contribution is 0.426. The summed E-state index contributed by atoms with van der Waals surface area (Å²) in [6.07, 6.45) is 0. The molecule has 0 aliphatic carbocycles. The number of rotatable bonds is 2. The van der Waals surface area contributed by atoms with Gasteiger partial charge in [-0.25, -0.2) is 0 Å². The Labute approximate surface area is 134 Å². The predicted molar refractivity (Wildman–Crippen MR) is 96.7 cm³/mol. The van der Waals surface area contributed by atoms with Gasteiger partial charge in [-0.05, 0) is 38.1 Å². The maximum atomic E-state index is 9.25. The molecule has 0 aliphatic rings. The molecule has 2 N–H and O–H groups in total. The SMILES string of the molecule is OB(O)c1ccc(-c2cccc3ccc4ccccc4c23)cc1. The molecule has 0 radical (unpaired) electrons. The zero-order valence-corrected chi connectivity index (χ0v) is 12.5. The smallest absolute Gasteiger partial charge is 0.423 e. The highest BCUT2D eigenvalue weighted by Gasteiger charge is 2.12. The molecule has 0 saturated heterocycles. The van der Waals surface area contributed by atoms with Crippen LogP contribution in [0.25, 0.3) is 32.7 Å². The number of fused-ring (bicyclic) bond motifs is 3. The van der Waals surface area contributed by atoms with Gasteiger partial charge in [0.2, 0.25) is 0 Å². The molecule has 0 fully saturated rings. The normalized spacial score (nSPS) is 11.0. The van der Waals surface area contributed by atoms with Crippen LogP contribution in [-0.4, -0.2) is 17.2 Å². The average Bonchev–Trinajstić information content (AvgIpc) is 2.61. The van der Waals surface area contributed by atoms with Crippen LogP contribution in [0.5, 0.6) is 0 Å². The van der Waals surface area contributed by atoms with E-state index in [1.54, 1.807) is 12.1 Å². The molecular formula is C20H15BO2. The van der Waals surface area contributed by atoms with Gasteiger partial charge in [0.1, 0.15) is 0 Å². The Hall–Kier alpha value is -2.62. The third-order valence-electron chi connectivity index (χ3n) is 4.29. The summed E-state index contributed by atoms with van der Waals surface area (Å²) < 4.78 is 0. The summed E-state index contributed by atoms with van der Waals surface area (Å²) in [5.74, 6) is 0. The molecule has 0 heterocycles. The third kappa shape index (κ3) is 2.40. The van der Waals surface area contributed by atoms with Gasteiger partial charge >= 0.3 is 7.12 Å². The molecule has 110 valence electrons. The molecule has 0 aromatic heterocycles. The fourth-order valence-electron chi connectivity index (χ4n) is 3.13. The minimum Gasteiger partial charge on any atom is -0.423 e. The maximum Gasteiger partial charge on any atom is 0.488 e. The summed E-state index contributed by atoms with van der Waals surface area (Å²) in [6, 6.07) is 26.3. The first-order valence-corrected chi connectivity index (χ1v) is 7.61. The van der Waals surface area contributed by atoms with Crippen LogP contribution in [0.4, 0.5) is 0 Å². The Morgan fingerprint density at radius 3 is 2.09 bits per heavy atom. The van der Waals surface area contributed by atoms with E-state index in [4.69, 9.17) is 0 Å². The third-order valence-corrected chi connectivity index (χ3v) is 4.29. The first kappa shape index (κ1) is 14.0. The second-order valence-corrected chi connectivity index (χ2v) is 5.69. The maximum absolute atomic E-state index is 9.25. The van der Waals surface area contributed by atoms with E-state index < -0.39 is 7.12 Å². The highest BCUT2D eigenvalue weighted by molar-refractivity contribution is 6.58. The zero-order valence-electron chi connectivity index (χ0n) is 12.5. The molecule has 4 aromatic rings. The van der Waals surface area contributed by atoms with Gasteiger partial charge < -0.3 is 10.0 Å². The highest BCUT2D eigenvalue weighted by Crippen LogP contribution is 2.34. The van der Waals surface area contributed by atoms with Crippen molar-refractivity contribution in [2.24, 2.45) is 0 Å². The number of hydrogen-bond donors (Lipinski definition) is 2. The molecule has 4 aromatic carbocycles. The number of benzene rings is 4. The Morgan fingerprint density at radius 1 is 0.609 bits per heavy atom. The zero-order chi connectivity index (χ0) is 15.8. The van der Waals surface area contributed by atoms with Crippen LogP contribution in [0.1, 0.15) is 0 Å². The van der Waals surface area contributed by atoms with Crippen molar-refractivity contribution in [1.82, 2.24) is 0 Å². The first-order valence-electron chi connectivity index (χ1n) is 7.61. The number of hydrogen-bond acceptors (Lipinski definition) is 2. The van der Waals surface area contributed by atoms with Gasteiger partial charge in [-0.3, -0.25) is 0 Å². The lowest BCUT2D eigenvalue weighted by atomic mass is 9.79. The minimum atomic E-state index is -1.43. The molecule has 23 heavy (non-hydrogen) atoms. The van der Waals surface area contributed by atoms with E-state index in [0.717, 1.165) is 11.1 Å². The molecule has 0 bridgehead atoms. The van der Waals surface area contributed by atoms with Crippen LogP contribution >= 0.6 is 0 Å². The van der Waals surface area contributed by atoms with Gasteiger partial charge in [0, 0.05) is 0 Å². The quantitative estimate of drug-likeness (QED) is 0.440. The molecule has 2 nitrogen and oxygen atoms in total. The largest absolute Gasteiger partial charge is 0.488 e. The molecule has 4 rings (SSSR count). The van der Waals surface area contributed by atoms with Crippen LogP contribution in [-0.2, 0) is 0 Å². The lowest BCUT2D eigenvalue weighted by Gasteiger charge is -2.11. The van der Waals surface area contributed by atoms with Crippen LogP contribution in [0.3, 0.4) is 0 Å². The van der Waals surface area contributed by atoms with Gasteiger partial charge in [0.15, 0.2) is 0 Å². The highest BCUT2D eigenvalue weighted by atomic mass is 16.4. The summed E-state index contributed by atoms with van der Waals surface area (Å²) in [5.41, 5.74) is 2.72. The van der Waals surface area contributed by atoms with Crippen molar-refractivity contribution in [1.29, 1.82) is 0 Å². The average molecular weight is 298 g/mol. The van der Waals surface area contributed by atoms with E-state index in [-0.39, 0.29) is 0 Å². The molecule has 0 aliphatic heterocycles. The Morgan fingerprint density at radius 2 is 1.30 bits per heavy atom. The second-order valence-electron chi connectivity index (χ2n) is 5.69. The van der Waals surface area contributed by atoms with Crippen LogP contribution in [0.2, 0.25) is 0 Å². The molecule has 0 unspecified atom stereocenters. The Kier molecular flexibility index (Phi) is 3.38. The molecular weight excluding hydrogens is 283 g/mol. The predicted octanol–water partition coefficient (Wildman–Crippen LogP) is 3.34. The van der Waals surface area contributed by atoms with Crippen LogP contribution < -0.4 is 5.46 Å². The van der Waals surface area contributed by atoms with E-state index in [1.807, 2.05) is 18.2 Å². The van der Waals surface area contributed by atoms with Crippen molar-refractivity contribution in [2.75, 3.05) is 0 Å². The van der Waals surface area contributed by atoms with Crippen molar-refractivity contribution in [3.8, 4) is 11.1 Å². The van der Waals surface area contributed by atoms with E-state index in [0.29, 0.717) is 5.46 Å². The summed E-state index contributed by atoms with van der Waals surface area (Å²) in [6.45, 7) is 0. The van der Waals surface area contributed by atoms with E-state index in [1.165, 1.54) is 21.5 Å². The summed E-state index contributed by atoms with van der Waals surface area (Å²) >= 11 is 0. The van der Waals surface area contributed by atoms with Crippen molar-refractivity contribution in [3.05, 3.63) is 78.9 Å². The fourth-order valence-corrected chi connectivity index (χ4v) is 3.13. The van der Waals surface area contributed by atoms with Gasteiger partial charge in [0.05, 0.1) is 0 Å². The van der Waals surface area contributed by atoms with Crippen LogP contribution in [0.15, 0.2) is 78.9 Å². The minimum absolute atomic E-state index is 0.499. The first-order chi connectivity index (χ1) is 11.2. The van der Waals surface area contributed by atoms with Gasteiger partial charge in [-0.15, -0.1) is 0 Å². The van der Waals surface area contributed by atoms with Crippen LogP contribution in [0, 0.1) is 0 Å². The van der Waals surface area contributed by atoms with Crippen molar-refractivity contribution >= 4 is 34.1 Å². The summed E-state index contributed by atoms with van der Waals surface area (Å²) in [5, 5.41) is 23.4.